The Morgan fingerprint density at radius 2 is 1.80 bits per heavy atom. The fourth-order valence-electron chi connectivity index (χ4n) is 2.87. The lowest BCUT2D eigenvalue weighted by Gasteiger charge is -2.30. The first-order valence-corrected chi connectivity index (χ1v) is 7.54. The molecule has 2 fully saturated rings. The van der Waals surface area contributed by atoms with Crippen LogP contribution in [0.2, 0.25) is 0 Å². The summed E-state index contributed by atoms with van der Waals surface area (Å²) in [4.78, 5) is 2.44. The molecule has 2 nitrogen and oxygen atoms in total. The minimum Gasteiger partial charge on any atom is -0.310 e. The van der Waals surface area contributed by atoms with Gasteiger partial charge in [-0.25, -0.2) is 0 Å². The smallest absolute Gasteiger partial charge is 0.0209 e. The Morgan fingerprint density at radius 3 is 2.33 bits per heavy atom. The average Bonchev–Trinajstić information content (AvgIpc) is 2.65. The van der Waals surface area contributed by atoms with Gasteiger partial charge >= 0.3 is 0 Å². The normalized spacial score (nSPS) is 38.4. The zero-order valence-corrected chi connectivity index (χ0v) is 10.9. The van der Waals surface area contributed by atoms with Crippen molar-refractivity contribution in [3.8, 4) is 0 Å². The number of thioether (sulfide) groups is 1. The number of nitrogens with zero attached hydrogens (tertiary/aromatic N) is 1. The van der Waals surface area contributed by atoms with Gasteiger partial charge in [0.1, 0.15) is 0 Å². The SMILES string of the molecule is CSC1CCC(NC2CCN(C)C2)CC1. The molecule has 0 bridgehead atoms. The van der Waals surface area contributed by atoms with E-state index in [-0.39, 0.29) is 0 Å². The lowest BCUT2D eigenvalue weighted by molar-refractivity contribution is 0.331. The predicted molar refractivity (Wildman–Crippen MR) is 68.6 cm³/mol. The van der Waals surface area contributed by atoms with Gasteiger partial charge in [0.2, 0.25) is 0 Å². The van der Waals surface area contributed by atoms with E-state index in [1.165, 1.54) is 45.2 Å². The van der Waals surface area contributed by atoms with E-state index in [2.05, 4.69) is 35.3 Å². The highest BCUT2D eigenvalue weighted by Gasteiger charge is 2.25. The first-order valence-electron chi connectivity index (χ1n) is 6.25. The van der Waals surface area contributed by atoms with Crippen LogP contribution in [0.5, 0.6) is 0 Å². The number of nitrogens with one attached hydrogen (secondary N) is 1. The Kier molecular flexibility index (Phi) is 4.35. The Bertz CT molecular complexity index is 190. The number of hydrogen-bond donors (Lipinski definition) is 1. The van der Waals surface area contributed by atoms with Crippen molar-refractivity contribution >= 4 is 11.8 Å². The van der Waals surface area contributed by atoms with Gasteiger partial charge in [0.15, 0.2) is 0 Å². The zero-order valence-electron chi connectivity index (χ0n) is 10.0. The van der Waals surface area contributed by atoms with E-state index in [4.69, 9.17) is 0 Å². The summed E-state index contributed by atoms with van der Waals surface area (Å²) >= 11 is 2.05. The van der Waals surface area contributed by atoms with Crippen LogP contribution in [0.25, 0.3) is 0 Å². The van der Waals surface area contributed by atoms with Gasteiger partial charge in [0, 0.05) is 23.9 Å². The second kappa shape index (κ2) is 5.55. The summed E-state index contributed by atoms with van der Waals surface area (Å²) in [6, 6.07) is 1.58. The molecular formula is C12H24N2S. The third-order valence-corrected chi connectivity index (χ3v) is 5.01. The highest BCUT2D eigenvalue weighted by Crippen LogP contribution is 2.27. The molecule has 1 heterocycles. The Labute approximate surface area is 98.2 Å². The second-order valence-corrected chi connectivity index (χ2v) is 6.26. The molecule has 1 unspecified atom stereocenters. The van der Waals surface area contributed by atoms with Crippen LogP contribution in [-0.2, 0) is 0 Å². The lowest BCUT2D eigenvalue weighted by atomic mass is 9.94. The molecule has 3 heteroatoms. The van der Waals surface area contributed by atoms with Crippen molar-refractivity contribution in [1.82, 2.24) is 10.2 Å². The number of rotatable bonds is 3. The minimum absolute atomic E-state index is 0.769. The molecule has 0 aromatic heterocycles. The summed E-state index contributed by atoms with van der Waals surface area (Å²) in [6.45, 7) is 2.53. The first-order chi connectivity index (χ1) is 7.28. The van der Waals surface area contributed by atoms with E-state index in [0.717, 1.165) is 17.3 Å². The zero-order chi connectivity index (χ0) is 10.7. The molecule has 1 saturated carbocycles. The monoisotopic (exact) mass is 228 g/mol. The molecule has 0 spiro atoms. The van der Waals surface area contributed by atoms with Crippen molar-refractivity contribution in [3.63, 3.8) is 0 Å². The molecule has 0 aromatic carbocycles. The fourth-order valence-corrected chi connectivity index (χ4v) is 3.61. The minimum atomic E-state index is 0.769. The maximum absolute atomic E-state index is 3.84. The van der Waals surface area contributed by atoms with Crippen LogP contribution in [-0.4, -0.2) is 48.6 Å². The van der Waals surface area contributed by atoms with Gasteiger partial charge in [-0.1, -0.05) is 0 Å². The second-order valence-electron chi connectivity index (χ2n) is 5.12. The molecule has 0 amide bonds. The maximum Gasteiger partial charge on any atom is 0.0209 e. The molecule has 0 aromatic rings. The quantitative estimate of drug-likeness (QED) is 0.795. The van der Waals surface area contributed by atoms with E-state index in [1.54, 1.807) is 0 Å². The molecule has 1 atom stereocenters. The molecule has 2 rings (SSSR count). The third kappa shape index (κ3) is 3.36. The fraction of sp³-hybridized carbons (Fsp3) is 1.00. The van der Waals surface area contributed by atoms with Crippen molar-refractivity contribution < 1.29 is 0 Å². The predicted octanol–water partition coefficient (Wildman–Crippen LogP) is 1.95. The van der Waals surface area contributed by atoms with Crippen LogP contribution >= 0.6 is 11.8 Å². The van der Waals surface area contributed by atoms with E-state index < -0.39 is 0 Å². The van der Waals surface area contributed by atoms with Crippen molar-refractivity contribution in [3.05, 3.63) is 0 Å². The summed E-state index contributed by atoms with van der Waals surface area (Å²) in [5.41, 5.74) is 0. The third-order valence-electron chi connectivity index (χ3n) is 3.87. The highest BCUT2D eigenvalue weighted by atomic mass is 32.2. The van der Waals surface area contributed by atoms with Gasteiger partial charge in [-0.2, -0.15) is 11.8 Å². The molecule has 1 N–H and O–H groups in total. The van der Waals surface area contributed by atoms with Crippen LogP contribution < -0.4 is 5.32 Å². The Morgan fingerprint density at radius 1 is 1.07 bits per heavy atom. The van der Waals surface area contributed by atoms with Crippen molar-refractivity contribution in [2.75, 3.05) is 26.4 Å². The Hall–Kier alpha value is 0.270. The van der Waals surface area contributed by atoms with Crippen LogP contribution in [0, 0.1) is 0 Å². The van der Waals surface area contributed by atoms with Gasteiger partial charge in [-0.3, -0.25) is 0 Å². The molecule has 0 radical (unpaired) electrons. The van der Waals surface area contributed by atoms with Gasteiger partial charge in [-0.05, 0) is 52.0 Å². The molecule has 2 aliphatic rings. The van der Waals surface area contributed by atoms with E-state index in [9.17, 15) is 0 Å². The average molecular weight is 228 g/mol. The highest BCUT2D eigenvalue weighted by molar-refractivity contribution is 7.99. The first kappa shape index (κ1) is 11.7. The summed E-state index contributed by atoms with van der Waals surface area (Å²) in [5.74, 6) is 0. The van der Waals surface area contributed by atoms with Gasteiger partial charge in [-0.15, -0.1) is 0 Å². The Balaban J connectivity index is 1.68. The summed E-state index contributed by atoms with van der Waals surface area (Å²) < 4.78 is 0. The summed E-state index contributed by atoms with van der Waals surface area (Å²) in [6.07, 6.45) is 9.23. The topological polar surface area (TPSA) is 15.3 Å². The number of likely N-dealkylation sites (tertiary alicyclic amines) is 1. The number of hydrogen-bond acceptors (Lipinski definition) is 3. The summed E-state index contributed by atoms with van der Waals surface area (Å²) in [7, 11) is 2.23. The lowest BCUT2D eigenvalue weighted by Crippen LogP contribution is -2.42. The van der Waals surface area contributed by atoms with Gasteiger partial charge < -0.3 is 10.2 Å². The van der Waals surface area contributed by atoms with Gasteiger partial charge in [0.25, 0.3) is 0 Å². The van der Waals surface area contributed by atoms with Crippen LogP contribution in [0.15, 0.2) is 0 Å². The molecule has 1 aliphatic carbocycles. The van der Waals surface area contributed by atoms with Crippen LogP contribution in [0.3, 0.4) is 0 Å². The van der Waals surface area contributed by atoms with Crippen molar-refractivity contribution in [2.45, 2.75) is 49.4 Å². The van der Waals surface area contributed by atoms with Gasteiger partial charge in [0.05, 0.1) is 0 Å². The van der Waals surface area contributed by atoms with Crippen LogP contribution in [0.1, 0.15) is 32.1 Å². The van der Waals surface area contributed by atoms with E-state index >= 15 is 0 Å². The summed E-state index contributed by atoms with van der Waals surface area (Å²) in [5, 5.41) is 4.78. The van der Waals surface area contributed by atoms with E-state index in [0.29, 0.717) is 0 Å². The number of likely N-dealkylation sites (N-methyl/N-ethyl adjacent to an activating group) is 1. The maximum atomic E-state index is 3.84. The van der Waals surface area contributed by atoms with E-state index in [1.807, 2.05) is 0 Å². The van der Waals surface area contributed by atoms with Crippen molar-refractivity contribution in [1.29, 1.82) is 0 Å². The molecule has 1 aliphatic heterocycles. The van der Waals surface area contributed by atoms with Crippen LogP contribution in [0.4, 0.5) is 0 Å². The molecule has 15 heavy (non-hydrogen) atoms. The molecular weight excluding hydrogens is 204 g/mol. The molecule has 88 valence electrons. The van der Waals surface area contributed by atoms with Crippen molar-refractivity contribution in [2.24, 2.45) is 0 Å². The largest absolute Gasteiger partial charge is 0.310 e. The standard InChI is InChI=1S/C12H24N2S/c1-14-8-7-11(9-14)13-10-3-5-12(15-2)6-4-10/h10-13H,3-9H2,1-2H3. The molecule has 1 saturated heterocycles.